The van der Waals surface area contributed by atoms with Crippen molar-refractivity contribution in [1.29, 1.82) is 0 Å². The molecule has 28 heteroatoms. The number of halogens is 1. The van der Waals surface area contributed by atoms with E-state index in [9.17, 15) is 33.9 Å². The van der Waals surface area contributed by atoms with Crippen molar-refractivity contribution >= 4 is 81.3 Å². The number of Topliss-reactive ketones (excluding diaryl/α,β-unsaturated/α-hetero) is 4. The molecule has 12 bridgehead atoms. The Morgan fingerprint density at radius 3 is 2.16 bits per heavy atom. The minimum Gasteiger partial charge on any atom is -0.497 e. The monoisotopic (exact) mass is 1580 g/mol. The van der Waals surface area contributed by atoms with E-state index in [4.69, 9.17) is 18.9 Å². The molecule has 0 radical (unpaired) electrons. The molecular weight excluding hydrogens is 1460 g/mol. The summed E-state index contributed by atoms with van der Waals surface area (Å²) >= 11 is 0. The lowest BCUT2D eigenvalue weighted by molar-refractivity contribution is -0.870. The Morgan fingerprint density at radius 1 is 0.684 bits per heavy atom. The van der Waals surface area contributed by atoms with Gasteiger partial charge in [-0.2, -0.15) is 0 Å². The van der Waals surface area contributed by atoms with E-state index >= 15 is 33.2 Å². The number of aliphatic hydroxyl groups excluding tert-OH is 1. The molecule has 0 aliphatic carbocycles. The molecular formula is C86H114FN10O17+. The summed E-state index contributed by atoms with van der Waals surface area (Å²) in [6.45, 7) is 6.51. The molecule has 0 spiro atoms. The number of carbonyl (C=O) groups is 12. The summed E-state index contributed by atoms with van der Waals surface area (Å²) in [6.07, 6.45) is -0.162. The first-order chi connectivity index (χ1) is 54.5. The Kier molecular flexibility index (Phi) is 30.9. The molecule has 616 valence electrons. The van der Waals surface area contributed by atoms with Crippen molar-refractivity contribution in [3.05, 3.63) is 136 Å². The average molecular weight is 1580 g/mol. The van der Waals surface area contributed by atoms with Gasteiger partial charge in [-0.3, -0.25) is 57.5 Å². The Morgan fingerprint density at radius 2 is 1.41 bits per heavy atom. The standard InChI is InChI=1S/C86H113FN10O17/c1-55-44-66(100)26-31-77(104)94-36-10-8-9-35-93-53-63(68-50-64(87)24-30-72(68)93)48-62-49-73(101)70(90-81(106)69(89-80(55)105)29-25-65(99)33-40-112-42-43-113-41-39-97(4,5)6)47-60-15-11-16-61(45-60)51-88-76(103)54-114-74-32-38-95(84(62)109)79(74)83(108)92-78(56(2)98)82(107)91-71(46-58-22-27-67(111-7)28-23-58)85(110)96-37-13-34-86(96,3)75(102)17-12-14-57-18-20-59(52-94)21-19-57/h11,15-16,18-24,27-28,30,45,50,53,55-56,62,69-71,74,78-79,98H,8-10,12-14,17,25-26,29,31-44,46-49,51-52,54H2,1-7H3,(H4-,88,89,90,91,92,103,105,106,107,108)/p+1/t55-,56-,62-,69-,70+,71+,74+,78+,79+,86+/m1/s1. The SMILES string of the molecule is COc1ccc(C[C@@H]2NC(=O)[C@H]([C@@H](C)O)NC(=O)[C@@H]3[C@@H]4CCN3C(=O)[C@H]3CC(=O)[C@H](Cc5cccc(c5)CNC(=O)CO4)NC(=O)[C@@H](CCC(=O)CCOCCOCC[N+](C)(C)C)NC(=O)[C@H](C)CC(=O)CCC(=O)N(CCCCCn4cc(c5cc(F)ccc54)C3)Cc3ccc(cc3)CCCC(=O)[C@]3(C)CCCN3C2=O)cc1. The number of rotatable bonds is 16. The molecule has 6 N–H and O–H groups in total. The maximum Gasteiger partial charge on any atom is 0.246 e. The van der Waals surface area contributed by atoms with E-state index in [1.54, 1.807) is 72.6 Å². The van der Waals surface area contributed by atoms with E-state index in [2.05, 4.69) is 26.6 Å². The summed E-state index contributed by atoms with van der Waals surface area (Å²) in [5, 5.41) is 26.1. The number of fused-ring (bicyclic) bond motifs is 16. The van der Waals surface area contributed by atoms with Gasteiger partial charge in [-0.1, -0.05) is 67.6 Å². The molecule has 5 aromatic rings. The van der Waals surface area contributed by atoms with Crippen molar-refractivity contribution in [3.63, 3.8) is 0 Å². The number of quaternary nitrogens is 1. The van der Waals surface area contributed by atoms with Gasteiger partial charge in [0.1, 0.15) is 60.5 Å². The molecule has 6 aliphatic heterocycles. The van der Waals surface area contributed by atoms with Crippen molar-refractivity contribution in [2.45, 2.75) is 210 Å². The lowest BCUT2D eigenvalue weighted by Gasteiger charge is -2.37. The van der Waals surface area contributed by atoms with Gasteiger partial charge in [-0.05, 0) is 148 Å². The molecule has 8 amide bonds. The highest BCUT2D eigenvalue weighted by molar-refractivity contribution is 6.00. The summed E-state index contributed by atoms with van der Waals surface area (Å²) in [5.41, 5.74) is 3.13. The molecule has 2 fully saturated rings. The van der Waals surface area contributed by atoms with Gasteiger partial charge in [-0.15, -0.1) is 0 Å². The molecule has 7 heterocycles. The number of carbonyl (C=O) groups excluding carboxylic acids is 12. The van der Waals surface area contributed by atoms with E-state index in [0.717, 1.165) is 17.7 Å². The Balaban J connectivity index is 1.06. The zero-order chi connectivity index (χ0) is 81.8. The van der Waals surface area contributed by atoms with Gasteiger partial charge in [0.2, 0.25) is 47.3 Å². The van der Waals surface area contributed by atoms with Crippen LogP contribution in [0.1, 0.15) is 150 Å². The molecule has 4 aromatic carbocycles. The topological polar surface area (TPSA) is 337 Å². The maximum absolute atomic E-state index is 16.3. The van der Waals surface area contributed by atoms with Crippen LogP contribution < -0.4 is 31.3 Å². The number of hydrogen-bond acceptors (Lipinski definition) is 17. The first-order valence-electron chi connectivity index (χ1n) is 40.3. The fourth-order valence-electron chi connectivity index (χ4n) is 15.9. The van der Waals surface area contributed by atoms with Gasteiger partial charge in [0.15, 0.2) is 11.6 Å². The summed E-state index contributed by atoms with van der Waals surface area (Å²) in [6, 6.07) is 17.8. The Labute approximate surface area is 666 Å². The fourth-order valence-corrected chi connectivity index (χ4v) is 15.9. The number of ether oxygens (including phenoxy) is 4. The smallest absolute Gasteiger partial charge is 0.246 e. The number of likely N-dealkylation sites (N-methyl/N-ethyl adjacent to an activating group) is 1. The van der Waals surface area contributed by atoms with Crippen molar-refractivity contribution < 1.29 is 90.5 Å². The summed E-state index contributed by atoms with van der Waals surface area (Å²) in [7, 11) is 7.65. The van der Waals surface area contributed by atoms with Crippen molar-refractivity contribution in [3.8, 4) is 5.75 Å². The number of aliphatic hydroxyl groups is 1. The van der Waals surface area contributed by atoms with Crippen LogP contribution in [0.2, 0.25) is 0 Å². The number of aryl methyl sites for hydroxylation is 2. The van der Waals surface area contributed by atoms with Gasteiger partial charge in [0, 0.05) is 120 Å². The molecule has 27 nitrogen and oxygen atoms in total. The second-order valence-corrected chi connectivity index (χ2v) is 32.5. The Bertz CT molecular complexity index is 4260. The quantitative estimate of drug-likeness (QED) is 0.0511. The zero-order valence-electron chi connectivity index (χ0n) is 66.9. The highest BCUT2D eigenvalue weighted by Gasteiger charge is 2.49. The average Bonchev–Trinajstić information content (AvgIpc) is 1.59. The summed E-state index contributed by atoms with van der Waals surface area (Å²) in [5.74, 6) is -10.1. The summed E-state index contributed by atoms with van der Waals surface area (Å²) < 4.78 is 41.7. The largest absolute Gasteiger partial charge is 0.497 e. The van der Waals surface area contributed by atoms with E-state index in [0.29, 0.717) is 115 Å². The van der Waals surface area contributed by atoms with E-state index in [-0.39, 0.29) is 133 Å². The van der Waals surface area contributed by atoms with Crippen molar-refractivity contribution in [2.75, 3.05) is 87.5 Å². The number of methoxy groups -OCH3 is 1. The third-order valence-electron chi connectivity index (χ3n) is 22.6. The minimum atomic E-state index is -1.83. The number of amides is 8. The number of nitrogens with one attached hydrogen (secondary N) is 5. The lowest BCUT2D eigenvalue weighted by atomic mass is 9.88. The molecule has 6 aliphatic rings. The number of ketones is 4. The highest BCUT2D eigenvalue weighted by atomic mass is 19.1. The van der Waals surface area contributed by atoms with Crippen LogP contribution in [0.4, 0.5) is 4.39 Å². The van der Waals surface area contributed by atoms with E-state index in [1.165, 1.54) is 42.9 Å². The van der Waals surface area contributed by atoms with Crippen LogP contribution in [0, 0.1) is 17.7 Å². The maximum atomic E-state index is 16.3. The Hall–Kier alpha value is -9.61. The minimum absolute atomic E-state index is 0.0394. The molecule has 0 saturated carbocycles. The molecule has 11 rings (SSSR count). The molecule has 0 unspecified atom stereocenters. The van der Waals surface area contributed by atoms with Crippen LogP contribution in [-0.4, -0.2) is 235 Å². The van der Waals surface area contributed by atoms with Crippen LogP contribution in [0.15, 0.2) is 97.2 Å². The summed E-state index contributed by atoms with van der Waals surface area (Å²) in [4.78, 5) is 184. The van der Waals surface area contributed by atoms with Crippen LogP contribution in [-0.2, 0) is 117 Å². The number of hydrogen-bond donors (Lipinski definition) is 6. The third-order valence-corrected chi connectivity index (χ3v) is 22.6. The van der Waals surface area contributed by atoms with E-state index in [1.807, 2.05) is 50.0 Å². The molecule has 1 aromatic heterocycles. The first kappa shape index (κ1) is 86.8. The van der Waals surface area contributed by atoms with Gasteiger partial charge in [0.05, 0.1) is 78.5 Å². The third kappa shape index (κ3) is 24.0. The second-order valence-electron chi connectivity index (χ2n) is 32.5. The van der Waals surface area contributed by atoms with Gasteiger partial charge >= 0.3 is 0 Å². The van der Waals surface area contributed by atoms with Crippen LogP contribution in [0.3, 0.4) is 0 Å². The predicted octanol–water partition coefficient (Wildman–Crippen LogP) is 5.68. The second kappa shape index (κ2) is 40.6. The number of nitrogens with zero attached hydrogens (tertiary/aromatic N) is 5. The van der Waals surface area contributed by atoms with Crippen molar-refractivity contribution in [1.82, 2.24) is 45.9 Å². The van der Waals surface area contributed by atoms with Gasteiger partial charge in [-0.25, -0.2) is 4.39 Å². The van der Waals surface area contributed by atoms with E-state index < -0.39 is 126 Å². The number of aromatic nitrogens is 1. The molecule has 10 atom stereocenters. The van der Waals surface area contributed by atoms with Gasteiger partial charge < -0.3 is 74.4 Å². The molecule has 114 heavy (non-hydrogen) atoms. The predicted molar refractivity (Wildman–Crippen MR) is 421 cm³/mol. The normalized spacial score (nSPS) is 24.8. The highest BCUT2D eigenvalue weighted by Crippen LogP contribution is 2.35. The van der Waals surface area contributed by atoms with Crippen LogP contribution >= 0.6 is 0 Å². The number of benzene rings is 4. The van der Waals surface area contributed by atoms with Crippen molar-refractivity contribution in [2.24, 2.45) is 11.8 Å². The fraction of sp³-hybridized carbons (Fsp3) is 0.558. The first-order valence-corrected chi connectivity index (χ1v) is 40.3. The van der Waals surface area contributed by atoms with Gasteiger partial charge in [0.25, 0.3) is 0 Å². The zero-order valence-corrected chi connectivity index (χ0v) is 66.9. The van der Waals surface area contributed by atoms with Crippen LogP contribution in [0.25, 0.3) is 10.9 Å². The lowest BCUT2D eigenvalue weighted by Crippen LogP contribution is -2.62. The molecule has 2 saturated heterocycles. The van der Waals surface area contributed by atoms with Crippen LogP contribution in [0.5, 0.6) is 5.75 Å².